The number of benzene rings is 1. The minimum atomic E-state index is -1.20. The zero-order valence-electron chi connectivity index (χ0n) is 12.3. The van der Waals surface area contributed by atoms with Gasteiger partial charge in [-0.05, 0) is 31.2 Å². The van der Waals surface area contributed by atoms with E-state index in [-0.39, 0.29) is 12.5 Å². The van der Waals surface area contributed by atoms with Crippen LogP contribution >= 0.6 is 0 Å². The number of nitrogens with zero attached hydrogens (tertiary/aromatic N) is 1. The van der Waals surface area contributed by atoms with Crippen molar-refractivity contribution in [3.05, 3.63) is 35.9 Å². The molecule has 0 spiro atoms. The van der Waals surface area contributed by atoms with Gasteiger partial charge in [0, 0.05) is 13.1 Å². The molecule has 1 fully saturated rings. The molecule has 0 radical (unpaired) electrons. The van der Waals surface area contributed by atoms with E-state index in [1.54, 1.807) is 11.8 Å². The van der Waals surface area contributed by atoms with Crippen molar-refractivity contribution in [3.63, 3.8) is 0 Å². The van der Waals surface area contributed by atoms with E-state index in [9.17, 15) is 9.59 Å². The van der Waals surface area contributed by atoms with E-state index in [1.807, 2.05) is 18.2 Å². The lowest BCUT2D eigenvalue weighted by molar-refractivity contribution is -0.151. The van der Waals surface area contributed by atoms with Gasteiger partial charge in [-0.2, -0.15) is 0 Å². The lowest BCUT2D eigenvalue weighted by Gasteiger charge is -2.33. The second-order valence-electron chi connectivity index (χ2n) is 5.24. The van der Waals surface area contributed by atoms with Crippen molar-refractivity contribution < 1.29 is 14.3 Å². The Morgan fingerprint density at radius 2 is 1.90 bits per heavy atom. The van der Waals surface area contributed by atoms with Crippen LogP contribution in [0.15, 0.2) is 30.3 Å². The van der Waals surface area contributed by atoms with E-state index in [2.05, 4.69) is 12.1 Å². The topological polar surface area (TPSA) is 72.6 Å². The van der Waals surface area contributed by atoms with Crippen LogP contribution < -0.4 is 5.73 Å². The number of rotatable bonds is 4. The van der Waals surface area contributed by atoms with Gasteiger partial charge in [0.2, 0.25) is 0 Å². The van der Waals surface area contributed by atoms with Crippen molar-refractivity contribution in [1.82, 2.24) is 4.90 Å². The third-order valence-electron chi connectivity index (χ3n) is 3.88. The van der Waals surface area contributed by atoms with Crippen LogP contribution in [0.5, 0.6) is 0 Å². The number of hydrogen-bond donors (Lipinski definition) is 1. The standard InChI is InChI=1S/C16H22N2O3/c1-2-21-16(20)14(17)15(19)18-10-8-13(9-11-18)12-6-4-3-5-7-12/h3-7,13-14H,2,8-11,17H2,1H3. The highest BCUT2D eigenvalue weighted by Crippen LogP contribution is 2.27. The van der Waals surface area contributed by atoms with E-state index in [4.69, 9.17) is 10.5 Å². The summed E-state index contributed by atoms with van der Waals surface area (Å²) in [6.07, 6.45) is 1.79. The van der Waals surface area contributed by atoms with Crippen LogP contribution in [0.2, 0.25) is 0 Å². The number of nitrogens with two attached hydrogens (primary N) is 1. The predicted octanol–water partition coefficient (Wildman–Crippen LogP) is 1.28. The number of hydrogen-bond acceptors (Lipinski definition) is 4. The smallest absolute Gasteiger partial charge is 0.332 e. The number of piperidine rings is 1. The number of amides is 1. The molecular weight excluding hydrogens is 268 g/mol. The number of ether oxygens (including phenoxy) is 1. The number of carbonyl (C=O) groups excluding carboxylic acids is 2. The average molecular weight is 290 g/mol. The van der Waals surface area contributed by atoms with Crippen molar-refractivity contribution in [2.45, 2.75) is 31.7 Å². The van der Waals surface area contributed by atoms with Gasteiger partial charge in [-0.3, -0.25) is 4.79 Å². The quantitative estimate of drug-likeness (QED) is 0.670. The maximum atomic E-state index is 12.2. The van der Waals surface area contributed by atoms with Crippen LogP contribution in [0.25, 0.3) is 0 Å². The van der Waals surface area contributed by atoms with Crippen molar-refractivity contribution in [2.75, 3.05) is 19.7 Å². The van der Waals surface area contributed by atoms with Crippen LogP contribution in [0.3, 0.4) is 0 Å². The first kappa shape index (κ1) is 15.5. The van der Waals surface area contributed by atoms with Crippen molar-refractivity contribution in [3.8, 4) is 0 Å². The van der Waals surface area contributed by atoms with Gasteiger partial charge in [0.1, 0.15) is 0 Å². The molecule has 1 saturated heterocycles. The molecule has 1 amide bonds. The lowest BCUT2D eigenvalue weighted by atomic mass is 9.89. The summed E-state index contributed by atoms with van der Waals surface area (Å²) in [6.45, 7) is 3.19. The van der Waals surface area contributed by atoms with Crippen LogP contribution in [-0.2, 0) is 14.3 Å². The van der Waals surface area contributed by atoms with Gasteiger partial charge in [-0.25, -0.2) is 4.79 Å². The van der Waals surface area contributed by atoms with Crippen LogP contribution in [0, 0.1) is 0 Å². The van der Waals surface area contributed by atoms with Crippen molar-refractivity contribution in [2.24, 2.45) is 5.73 Å². The fraction of sp³-hybridized carbons (Fsp3) is 0.500. The Kier molecular flexibility index (Phi) is 5.33. The molecule has 0 aliphatic carbocycles. The zero-order valence-corrected chi connectivity index (χ0v) is 12.3. The number of carbonyl (C=O) groups is 2. The van der Waals surface area contributed by atoms with E-state index < -0.39 is 12.0 Å². The maximum Gasteiger partial charge on any atom is 0.332 e. The van der Waals surface area contributed by atoms with E-state index in [0.29, 0.717) is 19.0 Å². The molecule has 1 aliphatic rings. The van der Waals surface area contributed by atoms with Gasteiger partial charge in [0.15, 0.2) is 6.04 Å². The molecule has 2 N–H and O–H groups in total. The third-order valence-corrected chi connectivity index (χ3v) is 3.88. The van der Waals surface area contributed by atoms with Gasteiger partial charge in [-0.1, -0.05) is 30.3 Å². The van der Waals surface area contributed by atoms with Crippen LogP contribution in [0.4, 0.5) is 0 Å². The van der Waals surface area contributed by atoms with Gasteiger partial charge in [-0.15, -0.1) is 0 Å². The Morgan fingerprint density at radius 1 is 1.29 bits per heavy atom. The van der Waals surface area contributed by atoms with Gasteiger partial charge >= 0.3 is 5.97 Å². The first-order chi connectivity index (χ1) is 10.1. The predicted molar refractivity (Wildman–Crippen MR) is 79.6 cm³/mol. The fourth-order valence-corrected chi connectivity index (χ4v) is 2.69. The Bertz CT molecular complexity index is 482. The molecule has 0 bridgehead atoms. The first-order valence-electron chi connectivity index (χ1n) is 7.39. The summed E-state index contributed by atoms with van der Waals surface area (Å²) < 4.78 is 4.79. The number of likely N-dealkylation sites (tertiary alicyclic amines) is 1. The second kappa shape index (κ2) is 7.22. The summed E-state index contributed by atoms with van der Waals surface area (Å²) >= 11 is 0. The fourth-order valence-electron chi connectivity index (χ4n) is 2.69. The Hall–Kier alpha value is -1.88. The molecule has 2 rings (SSSR count). The maximum absolute atomic E-state index is 12.2. The molecule has 1 aromatic rings. The molecule has 0 aromatic heterocycles. The minimum Gasteiger partial charge on any atom is -0.464 e. The van der Waals surface area contributed by atoms with Crippen LogP contribution in [-0.4, -0.2) is 42.5 Å². The first-order valence-corrected chi connectivity index (χ1v) is 7.39. The summed E-state index contributed by atoms with van der Waals surface area (Å²) in [6, 6.07) is 9.10. The molecule has 0 saturated carbocycles. The highest BCUT2D eigenvalue weighted by atomic mass is 16.5. The van der Waals surface area contributed by atoms with E-state index in [0.717, 1.165) is 12.8 Å². The monoisotopic (exact) mass is 290 g/mol. The molecular formula is C16H22N2O3. The molecule has 1 unspecified atom stereocenters. The molecule has 1 aromatic carbocycles. The third kappa shape index (κ3) is 3.82. The normalized spacial score (nSPS) is 17.3. The van der Waals surface area contributed by atoms with E-state index >= 15 is 0 Å². The summed E-state index contributed by atoms with van der Waals surface area (Å²) in [4.78, 5) is 25.3. The molecule has 114 valence electrons. The Labute approximate surface area is 125 Å². The molecule has 5 nitrogen and oxygen atoms in total. The summed E-state index contributed by atoms with van der Waals surface area (Å²) in [5, 5.41) is 0. The zero-order chi connectivity index (χ0) is 15.2. The molecule has 1 atom stereocenters. The van der Waals surface area contributed by atoms with Gasteiger partial charge < -0.3 is 15.4 Å². The second-order valence-corrected chi connectivity index (χ2v) is 5.24. The highest BCUT2D eigenvalue weighted by molar-refractivity contribution is 6.01. The van der Waals surface area contributed by atoms with Crippen LogP contribution in [0.1, 0.15) is 31.2 Å². The molecule has 21 heavy (non-hydrogen) atoms. The Morgan fingerprint density at radius 3 is 2.48 bits per heavy atom. The van der Waals surface area contributed by atoms with Gasteiger partial charge in [0.25, 0.3) is 5.91 Å². The summed E-state index contributed by atoms with van der Waals surface area (Å²) in [5.41, 5.74) is 6.96. The highest BCUT2D eigenvalue weighted by Gasteiger charge is 2.31. The molecule has 1 aliphatic heterocycles. The largest absolute Gasteiger partial charge is 0.464 e. The minimum absolute atomic E-state index is 0.232. The van der Waals surface area contributed by atoms with E-state index in [1.165, 1.54) is 5.56 Å². The summed E-state index contributed by atoms with van der Waals surface area (Å²) in [7, 11) is 0. The van der Waals surface area contributed by atoms with Crippen molar-refractivity contribution >= 4 is 11.9 Å². The number of esters is 1. The van der Waals surface area contributed by atoms with Crippen molar-refractivity contribution in [1.29, 1.82) is 0 Å². The molecule has 5 heteroatoms. The lowest BCUT2D eigenvalue weighted by Crippen LogP contribution is -2.51. The summed E-state index contributed by atoms with van der Waals surface area (Å²) in [5.74, 6) is -0.512. The SMILES string of the molecule is CCOC(=O)C(N)C(=O)N1CCC(c2ccccc2)CC1. The van der Waals surface area contributed by atoms with Gasteiger partial charge in [0.05, 0.1) is 6.61 Å². The molecule has 1 heterocycles. The Balaban J connectivity index is 1.89. The average Bonchev–Trinajstić information content (AvgIpc) is 2.54.